The summed E-state index contributed by atoms with van der Waals surface area (Å²) in [5, 5.41) is 0.825. The third-order valence-corrected chi connectivity index (χ3v) is 6.76. The first kappa shape index (κ1) is 21.5. The predicted molar refractivity (Wildman–Crippen MR) is 108 cm³/mol. The molecule has 0 saturated carbocycles. The summed E-state index contributed by atoms with van der Waals surface area (Å²) in [6, 6.07) is 0.683. The Kier molecular flexibility index (Phi) is 10.7. The van der Waals surface area contributed by atoms with Gasteiger partial charge >= 0.3 is 0 Å². The molecule has 2 saturated heterocycles. The second kappa shape index (κ2) is 12.5. The van der Waals surface area contributed by atoms with Crippen molar-refractivity contribution >= 4 is 11.8 Å². The third-order valence-electron chi connectivity index (χ3n) is 5.42. The second-order valence-electron chi connectivity index (χ2n) is 7.49. The standard InChI is InChI=1S/C19H39N3O2S/c1-18(2)22-10-8-21(9-11-22)13-15-24-16-17-25-19-4-6-20(7-5-19)12-14-23-3/h18-19H,4-17H2,1-3H3. The van der Waals surface area contributed by atoms with Crippen LogP contribution in [0.5, 0.6) is 0 Å². The van der Waals surface area contributed by atoms with Gasteiger partial charge in [-0.1, -0.05) is 0 Å². The van der Waals surface area contributed by atoms with Crippen LogP contribution in [0.15, 0.2) is 0 Å². The summed E-state index contributed by atoms with van der Waals surface area (Å²) < 4.78 is 11.0. The number of thioether (sulfide) groups is 1. The topological polar surface area (TPSA) is 28.2 Å². The molecular formula is C19H39N3O2S. The summed E-state index contributed by atoms with van der Waals surface area (Å²) >= 11 is 2.11. The number of hydrogen-bond acceptors (Lipinski definition) is 6. The smallest absolute Gasteiger partial charge is 0.0593 e. The van der Waals surface area contributed by atoms with Crippen LogP contribution in [0.3, 0.4) is 0 Å². The fraction of sp³-hybridized carbons (Fsp3) is 1.00. The average molecular weight is 374 g/mol. The fourth-order valence-electron chi connectivity index (χ4n) is 3.59. The van der Waals surface area contributed by atoms with E-state index in [1.807, 2.05) is 0 Å². The maximum absolute atomic E-state index is 5.87. The van der Waals surface area contributed by atoms with Gasteiger partial charge < -0.3 is 14.4 Å². The zero-order chi connectivity index (χ0) is 17.9. The van der Waals surface area contributed by atoms with Gasteiger partial charge in [-0.2, -0.15) is 11.8 Å². The Bertz CT molecular complexity index is 331. The molecule has 2 aliphatic heterocycles. The van der Waals surface area contributed by atoms with Gasteiger partial charge in [-0.15, -0.1) is 0 Å². The van der Waals surface area contributed by atoms with Crippen LogP contribution in [-0.4, -0.2) is 111 Å². The molecule has 0 spiro atoms. The third kappa shape index (κ3) is 8.59. The maximum atomic E-state index is 5.87. The van der Waals surface area contributed by atoms with E-state index in [-0.39, 0.29) is 0 Å². The molecule has 0 bridgehead atoms. The molecule has 0 unspecified atom stereocenters. The molecule has 0 amide bonds. The van der Waals surface area contributed by atoms with Crippen molar-refractivity contribution in [2.75, 3.05) is 85.0 Å². The Hall–Kier alpha value is 0.150. The Morgan fingerprint density at radius 1 is 0.880 bits per heavy atom. The zero-order valence-electron chi connectivity index (χ0n) is 16.6. The van der Waals surface area contributed by atoms with Crippen LogP contribution in [-0.2, 0) is 9.47 Å². The highest BCUT2D eigenvalue weighted by molar-refractivity contribution is 7.99. The second-order valence-corrected chi connectivity index (χ2v) is 8.90. The van der Waals surface area contributed by atoms with Gasteiger partial charge in [0.15, 0.2) is 0 Å². The van der Waals surface area contributed by atoms with E-state index >= 15 is 0 Å². The van der Waals surface area contributed by atoms with Crippen LogP contribution >= 0.6 is 11.8 Å². The number of methoxy groups -OCH3 is 1. The number of piperazine rings is 1. The molecule has 2 rings (SSSR count). The van der Waals surface area contributed by atoms with E-state index in [2.05, 4.69) is 40.3 Å². The lowest BCUT2D eigenvalue weighted by Crippen LogP contribution is -2.49. The van der Waals surface area contributed by atoms with Crippen LogP contribution in [0.2, 0.25) is 0 Å². The molecule has 2 heterocycles. The summed E-state index contributed by atoms with van der Waals surface area (Å²) in [7, 11) is 1.79. The number of rotatable bonds is 11. The van der Waals surface area contributed by atoms with Gasteiger partial charge in [-0.05, 0) is 39.8 Å². The highest BCUT2D eigenvalue weighted by Gasteiger charge is 2.19. The molecule has 2 fully saturated rings. The van der Waals surface area contributed by atoms with Crippen molar-refractivity contribution in [1.29, 1.82) is 0 Å². The van der Waals surface area contributed by atoms with Gasteiger partial charge in [0, 0.05) is 63.4 Å². The van der Waals surface area contributed by atoms with Gasteiger partial charge in [0.2, 0.25) is 0 Å². The normalized spacial score (nSPS) is 22.1. The quantitative estimate of drug-likeness (QED) is 0.514. The van der Waals surface area contributed by atoms with Crippen molar-refractivity contribution in [2.45, 2.75) is 38.0 Å². The summed E-state index contributed by atoms with van der Waals surface area (Å²) in [5.74, 6) is 1.14. The van der Waals surface area contributed by atoms with Crippen molar-refractivity contribution in [2.24, 2.45) is 0 Å². The molecule has 0 atom stereocenters. The Labute approximate surface area is 159 Å². The van der Waals surface area contributed by atoms with E-state index in [9.17, 15) is 0 Å². The number of nitrogens with zero attached hydrogens (tertiary/aromatic N) is 3. The van der Waals surface area contributed by atoms with Gasteiger partial charge in [-0.25, -0.2) is 0 Å². The minimum Gasteiger partial charge on any atom is -0.383 e. The number of likely N-dealkylation sites (tertiary alicyclic amines) is 1. The zero-order valence-corrected chi connectivity index (χ0v) is 17.4. The SMILES string of the molecule is COCCN1CCC(SCCOCCN2CCN(C(C)C)CC2)CC1. The minimum absolute atomic E-state index is 0.683. The van der Waals surface area contributed by atoms with E-state index < -0.39 is 0 Å². The summed E-state index contributed by atoms with van der Waals surface area (Å²) in [6.45, 7) is 16.7. The van der Waals surface area contributed by atoms with Gasteiger partial charge in [0.25, 0.3) is 0 Å². The van der Waals surface area contributed by atoms with Crippen LogP contribution < -0.4 is 0 Å². The van der Waals surface area contributed by atoms with Gasteiger partial charge in [0.1, 0.15) is 0 Å². The largest absolute Gasteiger partial charge is 0.383 e. The van der Waals surface area contributed by atoms with Crippen molar-refractivity contribution in [3.8, 4) is 0 Å². The van der Waals surface area contributed by atoms with E-state index in [0.29, 0.717) is 6.04 Å². The number of ether oxygens (including phenoxy) is 2. The highest BCUT2D eigenvalue weighted by atomic mass is 32.2. The molecule has 25 heavy (non-hydrogen) atoms. The Morgan fingerprint density at radius 3 is 2.16 bits per heavy atom. The van der Waals surface area contributed by atoms with Gasteiger partial charge in [0.05, 0.1) is 19.8 Å². The molecule has 0 aromatic carbocycles. The average Bonchev–Trinajstić information content (AvgIpc) is 2.64. The van der Waals surface area contributed by atoms with Crippen LogP contribution in [0.25, 0.3) is 0 Å². The van der Waals surface area contributed by atoms with Crippen LogP contribution in [0.4, 0.5) is 0 Å². The van der Waals surface area contributed by atoms with Crippen molar-refractivity contribution in [3.63, 3.8) is 0 Å². The summed E-state index contributed by atoms with van der Waals surface area (Å²) in [4.78, 5) is 7.63. The predicted octanol–water partition coefficient (Wildman–Crippen LogP) is 1.87. The van der Waals surface area contributed by atoms with Crippen LogP contribution in [0, 0.1) is 0 Å². The monoisotopic (exact) mass is 373 g/mol. The first-order valence-corrected chi connectivity index (χ1v) is 11.1. The van der Waals surface area contributed by atoms with Crippen molar-refractivity contribution < 1.29 is 9.47 Å². The van der Waals surface area contributed by atoms with Crippen molar-refractivity contribution in [3.05, 3.63) is 0 Å². The molecule has 5 nitrogen and oxygen atoms in total. The lowest BCUT2D eigenvalue weighted by atomic mass is 10.1. The van der Waals surface area contributed by atoms with E-state index in [0.717, 1.165) is 43.9 Å². The summed E-state index contributed by atoms with van der Waals surface area (Å²) in [5.41, 5.74) is 0. The maximum Gasteiger partial charge on any atom is 0.0593 e. The Morgan fingerprint density at radius 2 is 1.52 bits per heavy atom. The number of hydrogen-bond donors (Lipinski definition) is 0. The van der Waals surface area contributed by atoms with E-state index in [1.165, 1.54) is 52.1 Å². The summed E-state index contributed by atoms with van der Waals surface area (Å²) in [6.07, 6.45) is 2.63. The molecule has 0 radical (unpaired) electrons. The molecule has 0 aliphatic carbocycles. The lowest BCUT2D eigenvalue weighted by molar-refractivity contribution is 0.0714. The first-order valence-electron chi connectivity index (χ1n) is 10.1. The molecule has 6 heteroatoms. The lowest BCUT2D eigenvalue weighted by Gasteiger charge is -2.36. The van der Waals surface area contributed by atoms with Gasteiger partial charge in [-0.3, -0.25) is 9.80 Å². The highest BCUT2D eigenvalue weighted by Crippen LogP contribution is 2.23. The van der Waals surface area contributed by atoms with Crippen molar-refractivity contribution in [1.82, 2.24) is 14.7 Å². The molecular weight excluding hydrogens is 334 g/mol. The van der Waals surface area contributed by atoms with E-state index in [1.54, 1.807) is 7.11 Å². The molecule has 0 aromatic heterocycles. The van der Waals surface area contributed by atoms with Crippen LogP contribution in [0.1, 0.15) is 26.7 Å². The first-order chi connectivity index (χ1) is 12.2. The fourth-order valence-corrected chi connectivity index (χ4v) is 4.68. The molecule has 0 N–H and O–H groups in total. The molecule has 0 aromatic rings. The molecule has 148 valence electrons. The van der Waals surface area contributed by atoms with E-state index in [4.69, 9.17) is 9.47 Å². The Balaban J connectivity index is 1.40. The minimum atomic E-state index is 0.683. The number of piperidine rings is 1. The molecule has 2 aliphatic rings.